The summed E-state index contributed by atoms with van der Waals surface area (Å²) in [6, 6.07) is 20.5. The van der Waals surface area contributed by atoms with E-state index >= 15 is 0 Å². The van der Waals surface area contributed by atoms with E-state index < -0.39 is 0 Å². The minimum Gasteiger partial charge on any atom is -0.318 e. The maximum atomic E-state index is 5.52. The van der Waals surface area contributed by atoms with Crippen molar-refractivity contribution < 1.29 is 0 Å². The number of aryl methyl sites for hydroxylation is 1. The van der Waals surface area contributed by atoms with Crippen LogP contribution in [0.15, 0.2) is 66.9 Å². The summed E-state index contributed by atoms with van der Waals surface area (Å²) in [5, 5.41) is 4.19. The molecule has 2 aromatic heterocycles. The van der Waals surface area contributed by atoms with E-state index in [9.17, 15) is 0 Å². The second-order valence-corrected chi connectivity index (χ2v) is 6.87. The molecule has 5 nitrogen and oxygen atoms in total. The van der Waals surface area contributed by atoms with Crippen molar-refractivity contribution in [3.05, 3.63) is 89.5 Å². The van der Waals surface area contributed by atoms with Gasteiger partial charge in [-0.05, 0) is 48.9 Å². The predicted octanol–water partition coefficient (Wildman–Crippen LogP) is 4.18. The van der Waals surface area contributed by atoms with Gasteiger partial charge in [0.1, 0.15) is 0 Å². The van der Waals surface area contributed by atoms with Crippen molar-refractivity contribution in [2.24, 2.45) is 5.73 Å². The van der Waals surface area contributed by atoms with Gasteiger partial charge in [-0.2, -0.15) is 0 Å². The Morgan fingerprint density at radius 2 is 1.83 bits per heavy atom. The molecule has 4 aromatic rings. The third kappa shape index (κ3) is 4.54. The van der Waals surface area contributed by atoms with E-state index in [1.54, 1.807) is 6.20 Å². The van der Waals surface area contributed by atoms with Crippen molar-refractivity contribution in [1.29, 1.82) is 0 Å². The smallest absolute Gasteiger partial charge is 0.153 e. The molecule has 0 unspecified atom stereocenters. The van der Waals surface area contributed by atoms with E-state index in [0.29, 0.717) is 12.5 Å². The van der Waals surface area contributed by atoms with Gasteiger partial charge in [-0.25, -0.2) is 9.97 Å². The van der Waals surface area contributed by atoms with Gasteiger partial charge in [-0.1, -0.05) is 42.0 Å². The number of benzene rings is 2. The van der Waals surface area contributed by atoms with Crippen LogP contribution in [0, 0.1) is 6.92 Å². The highest BCUT2D eigenvalue weighted by atomic mass is 14.9. The van der Waals surface area contributed by atoms with Gasteiger partial charge in [0, 0.05) is 30.4 Å². The van der Waals surface area contributed by atoms with Crippen molar-refractivity contribution in [2.75, 3.05) is 6.67 Å². The second-order valence-electron chi connectivity index (χ2n) is 6.87. The van der Waals surface area contributed by atoms with Crippen LogP contribution < -0.4 is 11.1 Å². The molecule has 0 radical (unpaired) electrons. The normalized spacial score (nSPS) is 11.4. The molecule has 29 heavy (non-hydrogen) atoms. The number of fused-ring (bicyclic) bond motifs is 1. The lowest BCUT2D eigenvalue weighted by Crippen LogP contribution is -2.21. The minimum atomic E-state index is 0.462. The molecule has 0 fully saturated rings. The number of aromatic nitrogens is 3. The molecule has 0 atom stereocenters. The van der Waals surface area contributed by atoms with E-state index in [-0.39, 0.29) is 0 Å². The first-order chi connectivity index (χ1) is 14.2. The highest BCUT2D eigenvalue weighted by Crippen LogP contribution is 2.27. The number of nitrogens with two attached hydrogens (primary N) is 1. The van der Waals surface area contributed by atoms with Gasteiger partial charge >= 0.3 is 0 Å². The van der Waals surface area contributed by atoms with Gasteiger partial charge in [0.25, 0.3) is 0 Å². The van der Waals surface area contributed by atoms with Crippen LogP contribution in [0.4, 0.5) is 0 Å². The minimum absolute atomic E-state index is 0.462. The topological polar surface area (TPSA) is 76.7 Å². The van der Waals surface area contributed by atoms with Crippen LogP contribution in [-0.4, -0.2) is 21.6 Å². The highest BCUT2D eigenvalue weighted by Gasteiger charge is 2.09. The summed E-state index contributed by atoms with van der Waals surface area (Å²) >= 11 is 0. The fourth-order valence-corrected chi connectivity index (χ4v) is 3.19. The van der Waals surface area contributed by atoms with Crippen LogP contribution in [0.5, 0.6) is 0 Å². The molecule has 2 aromatic carbocycles. The molecule has 0 amide bonds. The van der Waals surface area contributed by atoms with Gasteiger partial charge < -0.3 is 11.1 Å². The molecule has 4 rings (SSSR count). The summed E-state index contributed by atoms with van der Waals surface area (Å²) < 4.78 is 0. The van der Waals surface area contributed by atoms with Crippen LogP contribution in [-0.2, 0) is 6.54 Å². The number of nitrogens with one attached hydrogen (secondary N) is 1. The summed E-state index contributed by atoms with van der Waals surface area (Å²) in [5.74, 6) is 0.663. The van der Waals surface area contributed by atoms with Gasteiger partial charge in [0.2, 0.25) is 0 Å². The van der Waals surface area contributed by atoms with Crippen LogP contribution in [0.1, 0.15) is 22.6 Å². The molecule has 3 N–H and O–H groups in total. The SMILES string of the molecule is Cc1ccc2nc(C=Cc3ccccn3)nc(-c3ccc(CNCN)cc3)c2c1. The molecule has 0 aliphatic heterocycles. The van der Waals surface area contributed by atoms with Crippen molar-refractivity contribution in [2.45, 2.75) is 13.5 Å². The Morgan fingerprint density at radius 3 is 2.59 bits per heavy atom. The van der Waals surface area contributed by atoms with Crippen molar-refractivity contribution >= 4 is 23.1 Å². The lowest BCUT2D eigenvalue weighted by molar-refractivity contribution is 0.709. The Hall–Kier alpha value is -3.41. The third-order valence-corrected chi connectivity index (χ3v) is 4.66. The average molecular weight is 381 g/mol. The average Bonchev–Trinajstić information content (AvgIpc) is 2.77. The quantitative estimate of drug-likeness (QED) is 0.490. The zero-order chi connectivity index (χ0) is 20.1. The standard InChI is InChI=1S/C24H23N5/c1-17-5-11-22-21(14-17)24(19-8-6-18(7-9-19)15-26-16-25)29-23(28-22)12-10-20-4-2-3-13-27-20/h2-14,26H,15-16,25H2,1H3. The van der Waals surface area contributed by atoms with E-state index in [1.165, 1.54) is 11.1 Å². The first-order valence-corrected chi connectivity index (χ1v) is 9.60. The number of pyridine rings is 1. The van der Waals surface area contributed by atoms with Crippen LogP contribution in [0.25, 0.3) is 34.3 Å². The van der Waals surface area contributed by atoms with Gasteiger partial charge in [-0.15, -0.1) is 0 Å². The second kappa shape index (κ2) is 8.73. The van der Waals surface area contributed by atoms with Crippen LogP contribution in [0.3, 0.4) is 0 Å². The molecule has 0 saturated carbocycles. The van der Waals surface area contributed by atoms with Crippen molar-refractivity contribution in [3.8, 4) is 11.3 Å². The fraction of sp³-hybridized carbons (Fsp3) is 0.125. The highest BCUT2D eigenvalue weighted by molar-refractivity contribution is 5.93. The van der Waals surface area contributed by atoms with E-state index in [0.717, 1.165) is 34.4 Å². The first-order valence-electron chi connectivity index (χ1n) is 9.60. The largest absolute Gasteiger partial charge is 0.318 e. The summed E-state index contributed by atoms with van der Waals surface area (Å²) in [4.78, 5) is 13.9. The van der Waals surface area contributed by atoms with Gasteiger partial charge in [0.05, 0.1) is 16.9 Å². The van der Waals surface area contributed by atoms with Crippen molar-refractivity contribution in [1.82, 2.24) is 20.3 Å². The zero-order valence-corrected chi connectivity index (χ0v) is 16.3. The maximum Gasteiger partial charge on any atom is 0.153 e. The lowest BCUT2D eigenvalue weighted by Gasteiger charge is -2.09. The Morgan fingerprint density at radius 1 is 0.966 bits per heavy atom. The molecule has 0 aliphatic carbocycles. The number of hydrogen-bond donors (Lipinski definition) is 2. The Kier molecular flexibility index (Phi) is 5.70. The predicted molar refractivity (Wildman–Crippen MR) is 119 cm³/mol. The fourth-order valence-electron chi connectivity index (χ4n) is 3.19. The number of rotatable bonds is 6. The summed E-state index contributed by atoms with van der Waals surface area (Å²) in [7, 11) is 0. The summed E-state index contributed by atoms with van der Waals surface area (Å²) in [5.41, 5.74) is 11.7. The van der Waals surface area contributed by atoms with E-state index in [1.807, 2.05) is 36.4 Å². The lowest BCUT2D eigenvalue weighted by atomic mass is 10.0. The first kappa shape index (κ1) is 18.9. The summed E-state index contributed by atoms with van der Waals surface area (Å²) in [6.45, 7) is 3.29. The van der Waals surface area contributed by atoms with E-state index in [4.69, 9.17) is 15.7 Å². The number of hydrogen-bond acceptors (Lipinski definition) is 5. The maximum absolute atomic E-state index is 5.52. The van der Waals surface area contributed by atoms with Gasteiger partial charge in [0.15, 0.2) is 5.82 Å². The zero-order valence-electron chi connectivity index (χ0n) is 16.3. The molecule has 0 aliphatic rings. The Bertz CT molecular complexity index is 1140. The van der Waals surface area contributed by atoms with Crippen molar-refractivity contribution in [3.63, 3.8) is 0 Å². The van der Waals surface area contributed by atoms with E-state index in [2.05, 4.69) is 53.6 Å². The number of nitrogens with zero attached hydrogens (tertiary/aromatic N) is 3. The third-order valence-electron chi connectivity index (χ3n) is 4.66. The molecule has 0 bridgehead atoms. The molecule has 0 spiro atoms. The molecular formula is C24H23N5. The molecule has 0 saturated heterocycles. The monoisotopic (exact) mass is 381 g/mol. The van der Waals surface area contributed by atoms with Gasteiger partial charge in [-0.3, -0.25) is 4.98 Å². The molecule has 5 heteroatoms. The Balaban J connectivity index is 1.76. The molecular weight excluding hydrogens is 358 g/mol. The Labute approximate surface area is 170 Å². The molecule has 2 heterocycles. The summed E-state index contributed by atoms with van der Waals surface area (Å²) in [6.07, 6.45) is 5.61. The molecule has 144 valence electrons. The van der Waals surface area contributed by atoms with Crippen LogP contribution >= 0.6 is 0 Å². The van der Waals surface area contributed by atoms with Crippen LogP contribution in [0.2, 0.25) is 0 Å².